The van der Waals surface area contributed by atoms with Gasteiger partial charge in [0, 0.05) is 48.6 Å². The van der Waals surface area contributed by atoms with Gasteiger partial charge in [-0.1, -0.05) is 64.0 Å². The summed E-state index contributed by atoms with van der Waals surface area (Å²) in [6, 6.07) is 0. The van der Waals surface area contributed by atoms with Crippen LogP contribution in [-0.2, 0) is 9.47 Å². The molecule has 0 aromatic carbocycles. The average Bonchev–Trinajstić information content (AvgIpc) is 3.35. The fourth-order valence-electron chi connectivity index (χ4n) is 4.13. The number of fused-ring (bicyclic) bond motifs is 1. The van der Waals surface area contributed by atoms with Gasteiger partial charge in [0.1, 0.15) is 0 Å². The van der Waals surface area contributed by atoms with E-state index in [-0.39, 0.29) is 11.2 Å². The Labute approximate surface area is 234 Å². The lowest BCUT2D eigenvalue weighted by Crippen LogP contribution is -2.41. The summed E-state index contributed by atoms with van der Waals surface area (Å²) in [7, 11) is 5.21. The highest BCUT2D eigenvalue weighted by Crippen LogP contribution is 2.51. The molecule has 3 rings (SSSR count). The van der Waals surface area contributed by atoms with Crippen LogP contribution in [0.1, 0.15) is 60.6 Å². The van der Waals surface area contributed by atoms with Crippen LogP contribution in [0.15, 0.2) is 61.1 Å². The van der Waals surface area contributed by atoms with E-state index < -0.39 is 0 Å². The number of allylic oxidation sites excluding steroid dienone is 8. The van der Waals surface area contributed by atoms with Gasteiger partial charge in [0.15, 0.2) is 5.69 Å². The molecule has 1 aromatic heterocycles. The standard InChI is InChI=1S/C26H34N4O2S.C2H6O.C2H6/c1-6-10-12-19(7-2)30-25-20(8-3)21(9-4)33-22(13-11-14-27-5)23(25)24(28-30)26(31)29-15-17-32-18-16-29;1-3-2;1-2/h6-10,12,22,27H,1,3-4,11,13-18H2,2,5H3;1-2H3;1-2H3/b12-10-,19-7+;;. The van der Waals surface area contributed by atoms with Gasteiger partial charge in [0.2, 0.25) is 0 Å². The molecule has 0 bridgehead atoms. The number of hydrogen-bond donors (Lipinski definition) is 1. The number of hydrogen-bond acceptors (Lipinski definition) is 6. The lowest BCUT2D eigenvalue weighted by molar-refractivity contribution is 0.0298. The van der Waals surface area contributed by atoms with Crippen molar-refractivity contribution in [2.24, 2.45) is 0 Å². The summed E-state index contributed by atoms with van der Waals surface area (Å²) in [5.41, 5.74) is 4.25. The predicted molar refractivity (Wildman–Crippen MR) is 163 cm³/mol. The molecule has 1 aromatic rings. The smallest absolute Gasteiger partial charge is 0.274 e. The molecule has 1 fully saturated rings. The number of nitrogens with zero attached hydrogens (tertiary/aromatic N) is 3. The van der Waals surface area contributed by atoms with Crippen molar-refractivity contribution >= 4 is 28.9 Å². The molecule has 2 aliphatic rings. The second kappa shape index (κ2) is 18.6. The molecule has 38 heavy (non-hydrogen) atoms. The molecule has 0 saturated carbocycles. The van der Waals surface area contributed by atoms with E-state index in [0.29, 0.717) is 32.0 Å². The second-order valence-electron chi connectivity index (χ2n) is 8.18. The zero-order chi connectivity index (χ0) is 28.5. The van der Waals surface area contributed by atoms with E-state index in [9.17, 15) is 4.79 Å². The lowest BCUT2D eigenvalue weighted by atomic mass is 9.98. The van der Waals surface area contributed by atoms with Crippen molar-refractivity contribution in [2.45, 2.75) is 38.9 Å². The molecule has 0 spiro atoms. The Morgan fingerprint density at radius 3 is 2.39 bits per heavy atom. The van der Waals surface area contributed by atoms with Crippen molar-refractivity contribution in [2.75, 3.05) is 54.1 Å². The zero-order valence-electron chi connectivity index (χ0n) is 24.1. The van der Waals surface area contributed by atoms with Crippen molar-refractivity contribution in [1.82, 2.24) is 20.0 Å². The summed E-state index contributed by atoms with van der Waals surface area (Å²) in [5.74, 6) is -0.0406. The minimum Gasteiger partial charge on any atom is -0.388 e. The molecule has 0 radical (unpaired) electrons. The van der Waals surface area contributed by atoms with Crippen LogP contribution < -0.4 is 5.32 Å². The van der Waals surface area contributed by atoms with Crippen molar-refractivity contribution in [3.8, 4) is 0 Å². The Bertz CT molecular complexity index is 1020. The number of ether oxygens (including phenoxy) is 2. The number of thioether (sulfide) groups is 1. The maximum absolute atomic E-state index is 13.7. The molecule has 3 heterocycles. The summed E-state index contributed by atoms with van der Waals surface area (Å²) in [5, 5.41) is 8.25. The third-order valence-electron chi connectivity index (χ3n) is 5.76. The fourth-order valence-corrected chi connectivity index (χ4v) is 5.46. The summed E-state index contributed by atoms with van der Waals surface area (Å²) in [6.45, 7) is 21.0. The molecule has 8 heteroatoms. The number of carbonyl (C=O) groups excluding carboxylic acids is 1. The SMILES string of the molecule is C=C/C=C\C(=C/C)n1nc(C(=O)N2CCOCC2)c2c1C(C=C)=C(C=C)SC2CCCNC.CC.COC. The molecule has 1 N–H and O–H groups in total. The monoisotopic (exact) mass is 542 g/mol. The van der Waals surface area contributed by atoms with Crippen LogP contribution in [0.5, 0.6) is 0 Å². The maximum Gasteiger partial charge on any atom is 0.274 e. The summed E-state index contributed by atoms with van der Waals surface area (Å²) in [6.07, 6.45) is 13.2. The van der Waals surface area contributed by atoms with E-state index in [2.05, 4.69) is 29.8 Å². The number of nitrogens with one attached hydrogen (secondary N) is 1. The van der Waals surface area contributed by atoms with Gasteiger partial charge < -0.3 is 19.7 Å². The third kappa shape index (κ3) is 8.43. The van der Waals surface area contributed by atoms with E-state index in [1.165, 1.54) is 0 Å². The van der Waals surface area contributed by atoms with Crippen molar-refractivity contribution in [3.05, 3.63) is 78.0 Å². The minimum absolute atomic E-state index is 0.0406. The fraction of sp³-hybridized carbons (Fsp3) is 0.467. The van der Waals surface area contributed by atoms with Crippen molar-refractivity contribution in [3.63, 3.8) is 0 Å². The second-order valence-corrected chi connectivity index (χ2v) is 9.43. The highest BCUT2D eigenvalue weighted by atomic mass is 32.2. The van der Waals surface area contributed by atoms with Crippen LogP contribution in [0, 0.1) is 0 Å². The number of methoxy groups -OCH3 is 1. The third-order valence-corrected chi connectivity index (χ3v) is 7.16. The van der Waals surface area contributed by atoms with Gasteiger partial charge in [-0.25, -0.2) is 4.68 Å². The zero-order valence-corrected chi connectivity index (χ0v) is 24.9. The highest BCUT2D eigenvalue weighted by Gasteiger charge is 2.36. The number of rotatable bonds is 10. The van der Waals surface area contributed by atoms with Crippen LogP contribution in [0.2, 0.25) is 0 Å². The maximum atomic E-state index is 13.7. The molecule has 1 saturated heterocycles. The number of morpholine rings is 1. The Hall–Kier alpha value is -2.65. The molecule has 2 aliphatic heterocycles. The van der Waals surface area contributed by atoms with Gasteiger partial charge in [-0.15, -0.1) is 11.8 Å². The predicted octanol–water partition coefficient (Wildman–Crippen LogP) is 6.12. The first-order valence-electron chi connectivity index (χ1n) is 13.2. The van der Waals surface area contributed by atoms with Crippen molar-refractivity contribution < 1.29 is 14.3 Å². The van der Waals surface area contributed by atoms with Gasteiger partial charge in [-0.3, -0.25) is 4.79 Å². The van der Waals surface area contributed by atoms with Gasteiger partial charge in [0.25, 0.3) is 5.91 Å². The number of amides is 1. The molecule has 7 nitrogen and oxygen atoms in total. The first-order valence-corrected chi connectivity index (χ1v) is 14.1. The molecular weight excluding hydrogens is 496 g/mol. The largest absolute Gasteiger partial charge is 0.388 e. The van der Waals surface area contributed by atoms with Crippen LogP contribution >= 0.6 is 11.8 Å². The first kappa shape index (κ1) is 33.4. The molecule has 0 aliphatic carbocycles. The Balaban J connectivity index is 0.00000135. The van der Waals surface area contributed by atoms with Crippen LogP contribution in [0.4, 0.5) is 0 Å². The van der Waals surface area contributed by atoms with Crippen LogP contribution in [0.25, 0.3) is 11.3 Å². The van der Waals surface area contributed by atoms with E-state index >= 15 is 0 Å². The summed E-state index contributed by atoms with van der Waals surface area (Å²) < 4.78 is 11.6. The van der Waals surface area contributed by atoms with Gasteiger partial charge >= 0.3 is 0 Å². The molecule has 1 atom stereocenters. The Morgan fingerprint density at radius 2 is 1.87 bits per heavy atom. The number of carbonyl (C=O) groups is 1. The summed E-state index contributed by atoms with van der Waals surface area (Å²) >= 11 is 1.75. The topological polar surface area (TPSA) is 68.6 Å². The van der Waals surface area contributed by atoms with Crippen molar-refractivity contribution in [1.29, 1.82) is 0 Å². The van der Waals surface area contributed by atoms with Crippen LogP contribution in [-0.4, -0.2) is 74.7 Å². The lowest BCUT2D eigenvalue weighted by Gasteiger charge is -2.29. The molecular formula is C30H46N4O3S. The Morgan fingerprint density at radius 1 is 1.21 bits per heavy atom. The average molecular weight is 543 g/mol. The molecule has 210 valence electrons. The van der Waals surface area contributed by atoms with Gasteiger partial charge in [-0.05, 0) is 39.4 Å². The molecule has 1 amide bonds. The van der Waals surface area contributed by atoms with Crippen LogP contribution in [0.3, 0.4) is 0 Å². The summed E-state index contributed by atoms with van der Waals surface area (Å²) in [4.78, 5) is 16.6. The van der Waals surface area contributed by atoms with E-state index in [4.69, 9.17) is 9.84 Å². The molecule has 1 unspecified atom stereocenters. The number of aromatic nitrogens is 2. The van der Waals surface area contributed by atoms with E-state index in [1.54, 1.807) is 32.1 Å². The van der Waals surface area contributed by atoms with E-state index in [0.717, 1.165) is 46.8 Å². The Kier molecular flexibility index (Phi) is 16.3. The van der Waals surface area contributed by atoms with Gasteiger partial charge in [0.05, 0.1) is 24.6 Å². The minimum atomic E-state index is -0.0406. The normalized spacial score (nSPS) is 17.2. The van der Waals surface area contributed by atoms with E-state index in [1.807, 2.05) is 67.8 Å². The first-order chi connectivity index (χ1) is 18.5. The highest BCUT2D eigenvalue weighted by molar-refractivity contribution is 8.03. The quantitative estimate of drug-likeness (QED) is 0.284. The van der Waals surface area contributed by atoms with Gasteiger partial charge in [-0.2, -0.15) is 5.10 Å².